The molecule has 38 heavy (non-hydrogen) atoms. The van der Waals surface area contributed by atoms with Gasteiger partial charge in [0.05, 0.1) is 27.7 Å². The van der Waals surface area contributed by atoms with Gasteiger partial charge in [-0.1, -0.05) is 35.9 Å². The van der Waals surface area contributed by atoms with Crippen LogP contribution >= 0.6 is 11.6 Å². The number of aromatic nitrogens is 2. The number of aryl methyl sites for hydroxylation is 1. The van der Waals surface area contributed by atoms with Crippen LogP contribution in [0.25, 0.3) is 11.0 Å². The lowest BCUT2D eigenvalue weighted by Gasteiger charge is -2.35. The fourth-order valence-electron chi connectivity index (χ4n) is 5.64. The first-order valence-electron chi connectivity index (χ1n) is 13.2. The summed E-state index contributed by atoms with van der Waals surface area (Å²) in [7, 11) is 1.72. The third-order valence-electron chi connectivity index (χ3n) is 7.60. The fourth-order valence-corrected chi connectivity index (χ4v) is 5.83. The summed E-state index contributed by atoms with van der Waals surface area (Å²) in [4.78, 5) is 35.1. The second-order valence-electron chi connectivity index (χ2n) is 10.2. The van der Waals surface area contributed by atoms with Gasteiger partial charge >= 0.3 is 6.03 Å². The summed E-state index contributed by atoms with van der Waals surface area (Å²) in [6.07, 6.45) is 2.76. The van der Waals surface area contributed by atoms with E-state index in [1.165, 1.54) is 0 Å². The highest BCUT2D eigenvalue weighted by molar-refractivity contribution is 6.33. The third-order valence-corrected chi connectivity index (χ3v) is 7.93. The summed E-state index contributed by atoms with van der Waals surface area (Å²) < 4.78 is 7.57. The van der Waals surface area contributed by atoms with Crippen LogP contribution in [-0.2, 0) is 16.1 Å². The van der Waals surface area contributed by atoms with Crippen LogP contribution in [0.3, 0.4) is 0 Å². The number of para-hydroxylation sites is 3. The maximum atomic E-state index is 13.7. The third kappa shape index (κ3) is 5.50. The monoisotopic (exact) mass is 538 g/mol. The number of carbonyl (C=O) groups excluding carboxylic acids is 2. The van der Waals surface area contributed by atoms with Gasteiger partial charge in [0.1, 0.15) is 5.82 Å². The van der Waals surface area contributed by atoms with Crippen molar-refractivity contribution in [3.8, 4) is 0 Å². The number of nitrogens with one attached hydrogen (secondary N) is 1. The number of likely N-dealkylation sites (tertiary alicyclic amines) is 2. The molecule has 202 valence electrons. The smallest absolute Gasteiger partial charge is 0.321 e. The molecular formula is C28H35ClN6O3. The lowest BCUT2D eigenvalue weighted by molar-refractivity contribution is -0.136. The van der Waals surface area contributed by atoms with Gasteiger partial charge in [0.25, 0.3) is 0 Å². The Morgan fingerprint density at radius 1 is 1.11 bits per heavy atom. The minimum absolute atomic E-state index is 0.0114. The number of fused-ring (bicyclic) bond motifs is 1. The molecule has 3 amide bonds. The minimum atomic E-state index is -0.439. The Kier molecular flexibility index (Phi) is 8.16. The van der Waals surface area contributed by atoms with Crippen LogP contribution in [0.4, 0.5) is 10.5 Å². The van der Waals surface area contributed by atoms with Crippen molar-refractivity contribution in [2.75, 3.05) is 45.2 Å². The minimum Gasteiger partial charge on any atom is -0.385 e. The number of hydrogen-bond acceptors (Lipinski definition) is 5. The number of rotatable bonds is 7. The van der Waals surface area contributed by atoms with Crippen molar-refractivity contribution in [1.29, 1.82) is 0 Å². The summed E-state index contributed by atoms with van der Waals surface area (Å²) in [5.74, 6) is 0.736. The summed E-state index contributed by atoms with van der Waals surface area (Å²) in [5.41, 5.74) is 9.02. The molecule has 2 aliphatic heterocycles. The van der Waals surface area contributed by atoms with Crippen molar-refractivity contribution in [3.63, 3.8) is 0 Å². The van der Waals surface area contributed by atoms with Crippen molar-refractivity contribution in [1.82, 2.24) is 19.4 Å². The maximum Gasteiger partial charge on any atom is 0.321 e. The van der Waals surface area contributed by atoms with E-state index in [1.807, 2.05) is 29.2 Å². The molecule has 1 aromatic heterocycles. The molecule has 5 rings (SSSR count). The number of carbonyl (C=O) groups is 2. The number of amides is 3. The summed E-state index contributed by atoms with van der Waals surface area (Å²) >= 11 is 6.19. The van der Waals surface area contributed by atoms with E-state index in [9.17, 15) is 9.59 Å². The molecular weight excluding hydrogens is 504 g/mol. The zero-order valence-electron chi connectivity index (χ0n) is 21.7. The zero-order valence-corrected chi connectivity index (χ0v) is 22.4. The number of nitrogens with zero attached hydrogens (tertiary/aromatic N) is 4. The highest BCUT2D eigenvalue weighted by Crippen LogP contribution is 2.31. The van der Waals surface area contributed by atoms with E-state index in [0.29, 0.717) is 37.0 Å². The number of nitrogens with two attached hydrogens (primary N) is 1. The van der Waals surface area contributed by atoms with Crippen molar-refractivity contribution in [2.45, 2.75) is 37.8 Å². The molecule has 0 radical (unpaired) electrons. The topological polar surface area (TPSA) is 106 Å². The molecule has 9 nitrogen and oxygen atoms in total. The summed E-state index contributed by atoms with van der Waals surface area (Å²) in [6, 6.07) is 14.5. The molecule has 0 spiro atoms. The largest absolute Gasteiger partial charge is 0.385 e. The van der Waals surface area contributed by atoms with Gasteiger partial charge in [0.15, 0.2) is 0 Å². The van der Waals surface area contributed by atoms with Crippen molar-refractivity contribution < 1.29 is 14.3 Å². The van der Waals surface area contributed by atoms with E-state index in [2.05, 4.69) is 16.0 Å². The molecule has 2 aromatic carbocycles. The molecule has 2 fully saturated rings. The maximum absolute atomic E-state index is 13.7. The number of halogens is 1. The molecule has 2 saturated heterocycles. The lowest BCUT2D eigenvalue weighted by atomic mass is 9.94. The van der Waals surface area contributed by atoms with Crippen LogP contribution in [0.5, 0.6) is 0 Å². The van der Waals surface area contributed by atoms with Gasteiger partial charge in [-0.15, -0.1) is 0 Å². The molecule has 3 N–H and O–H groups in total. The van der Waals surface area contributed by atoms with Crippen LogP contribution in [-0.4, -0.2) is 77.2 Å². The Bertz CT molecular complexity index is 1300. The predicted octanol–water partition coefficient (Wildman–Crippen LogP) is 3.92. The first-order valence-corrected chi connectivity index (χ1v) is 13.6. The average molecular weight is 539 g/mol. The molecule has 1 unspecified atom stereocenters. The number of urea groups is 1. The van der Waals surface area contributed by atoms with Gasteiger partial charge in [0, 0.05) is 58.4 Å². The van der Waals surface area contributed by atoms with Crippen LogP contribution in [0.2, 0.25) is 5.02 Å². The van der Waals surface area contributed by atoms with E-state index in [4.69, 9.17) is 27.1 Å². The molecule has 3 atom stereocenters. The molecule has 10 heteroatoms. The lowest BCUT2D eigenvalue weighted by Crippen LogP contribution is -2.47. The van der Waals surface area contributed by atoms with Gasteiger partial charge in [-0.2, -0.15) is 0 Å². The first-order chi connectivity index (χ1) is 18.5. The van der Waals surface area contributed by atoms with Crippen LogP contribution in [0.15, 0.2) is 48.5 Å². The molecule has 3 heterocycles. The highest BCUT2D eigenvalue weighted by Gasteiger charge is 2.41. The van der Waals surface area contributed by atoms with Gasteiger partial charge in [-0.3, -0.25) is 4.79 Å². The molecule has 0 bridgehead atoms. The van der Waals surface area contributed by atoms with Crippen molar-refractivity contribution in [3.05, 3.63) is 59.4 Å². The van der Waals surface area contributed by atoms with E-state index < -0.39 is 12.0 Å². The Morgan fingerprint density at radius 3 is 2.71 bits per heavy atom. The number of hydrogen-bond donors (Lipinski definition) is 2. The van der Waals surface area contributed by atoms with Crippen molar-refractivity contribution >= 4 is 40.3 Å². The second kappa shape index (κ2) is 11.7. The standard InChI is InChI=1S/C28H35ClN6O3/c1-38-15-7-14-35-25-12-5-4-11-24(25)31-26(35)19-8-6-13-33(16-19)27(36)20-17-34(18-22(20)30)28(37)32-23-10-3-2-9-21(23)29/h2-5,9-12,19-20,22H,6-8,13-18,30H2,1H3,(H,32,37)/t19?,20-,22-/m1/s1. The fraction of sp³-hybridized carbons (Fsp3) is 0.464. The van der Waals surface area contributed by atoms with E-state index in [-0.39, 0.29) is 24.4 Å². The van der Waals surface area contributed by atoms with E-state index >= 15 is 0 Å². The van der Waals surface area contributed by atoms with Gasteiger partial charge in [-0.25, -0.2) is 9.78 Å². The Morgan fingerprint density at radius 2 is 1.89 bits per heavy atom. The van der Waals surface area contributed by atoms with Crippen LogP contribution < -0.4 is 11.1 Å². The normalized spacial score (nSPS) is 21.7. The second-order valence-corrected chi connectivity index (χ2v) is 10.6. The molecule has 2 aliphatic rings. The molecule has 0 aliphatic carbocycles. The Hall–Kier alpha value is -3.14. The highest BCUT2D eigenvalue weighted by atomic mass is 35.5. The summed E-state index contributed by atoms with van der Waals surface area (Å²) in [6.45, 7) is 3.39. The van der Waals surface area contributed by atoms with Crippen molar-refractivity contribution in [2.24, 2.45) is 11.7 Å². The number of methoxy groups -OCH3 is 1. The Balaban J connectivity index is 1.27. The van der Waals surface area contributed by atoms with Crippen LogP contribution in [0.1, 0.15) is 31.0 Å². The average Bonchev–Trinajstić information content (AvgIpc) is 3.50. The van der Waals surface area contributed by atoms with E-state index in [0.717, 1.165) is 42.7 Å². The quantitative estimate of drug-likeness (QED) is 0.443. The number of anilines is 1. The number of ether oxygens (including phenoxy) is 1. The Labute approximate surface area is 227 Å². The summed E-state index contributed by atoms with van der Waals surface area (Å²) in [5, 5.41) is 3.30. The van der Waals surface area contributed by atoms with Crippen LogP contribution in [0, 0.1) is 5.92 Å². The van der Waals surface area contributed by atoms with Gasteiger partial charge in [-0.05, 0) is 43.5 Å². The van der Waals surface area contributed by atoms with Gasteiger partial charge in [0.2, 0.25) is 5.91 Å². The van der Waals surface area contributed by atoms with Gasteiger partial charge < -0.3 is 30.2 Å². The predicted molar refractivity (Wildman–Crippen MR) is 148 cm³/mol. The first kappa shape index (κ1) is 26.5. The zero-order chi connectivity index (χ0) is 26.6. The number of benzene rings is 2. The SMILES string of the molecule is COCCCn1c(C2CCCN(C(=O)[C@@H]3CN(C(=O)Nc4ccccc4Cl)C[C@H]3N)C2)nc2ccccc21. The molecule has 0 saturated carbocycles. The van der Waals surface area contributed by atoms with E-state index in [1.54, 1.807) is 30.2 Å². The molecule has 3 aromatic rings. The number of piperidine rings is 1. The number of imidazole rings is 1.